The Morgan fingerprint density at radius 3 is 2.20 bits per heavy atom. The smallest absolute Gasteiger partial charge is 0.306 e. The molecule has 0 aliphatic heterocycles. The number of aromatic hydroxyl groups is 1. The minimum atomic E-state index is -0.920. The van der Waals surface area contributed by atoms with Crippen molar-refractivity contribution in [1.29, 1.82) is 0 Å². The molecule has 0 aliphatic carbocycles. The summed E-state index contributed by atoms with van der Waals surface area (Å²) in [5.41, 5.74) is 2.59. The van der Waals surface area contributed by atoms with Gasteiger partial charge in [0.05, 0.1) is 0 Å². The maximum Gasteiger partial charge on any atom is 0.306 e. The van der Waals surface area contributed by atoms with Gasteiger partial charge in [-0.15, -0.1) is 0 Å². The third kappa shape index (κ3) is 9.31. The van der Waals surface area contributed by atoms with E-state index in [4.69, 9.17) is 9.26 Å². The number of aromatic nitrogens is 2. The summed E-state index contributed by atoms with van der Waals surface area (Å²) in [5.74, 6) is -0.645. The van der Waals surface area contributed by atoms with Crippen molar-refractivity contribution in [2.24, 2.45) is 0 Å². The van der Waals surface area contributed by atoms with Gasteiger partial charge in [-0.3, -0.25) is 14.4 Å². The van der Waals surface area contributed by atoms with Gasteiger partial charge in [-0.05, 0) is 35.2 Å². The summed E-state index contributed by atoms with van der Waals surface area (Å²) >= 11 is 0. The fraction of sp³-hybridized carbons (Fsp3) is 0.258. The molecule has 2 amide bonds. The second kappa shape index (κ2) is 14.4. The Morgan fingerprint density at radius 1 is 0.878 bits per heavy atom. The highest BCUT2D eigenvalue weighted by Gasteiger charge is 2.27. The quantitative estimate of drug-likeness (QED) is 0.211. The number of hydrogen-bond donors (Lipinski definition) is 3. The minimum absolute atomic E-state index is 0.0169. The van der Waals surface area contributed by atoms with E-state index in [-0.39, 0.29) is 43.4 Å². The molecule has 0 fully saturated rings. The first-order chi connectivity index (χ1) is 19.9. The van der Waals surface area contributed by atoms with Crippen molar-refractivity contribution >= 4 is 17.8 Å². The lowest BCUT2D eigenvalue weighted by atomic mass is 10.0. The lowest BCUT2D eigenvalue weighted by Crippen LogP contribution is -2.48. The monoisotopic (exact) mass is 556 g/mol. The SMILES string of the molecule is CC(=O)NC(Cc1ccc(O)cc1)C(=O)N[C@@H](CCC(=O)OCc1ccccc1)c1nc(Cc2ccccc2)no1. The van der Waals surface area contributed by atoms with Crippen molar-refractivity contribution in [2.75, 3.05) is 0 Å². The van der Waals surface area contributed by atoms with Crippen LogP contribution in [0.2, 0.25) is 0 Å². The summed E-state index contributed by atoms with van der Waals surface area (Å²) in [6, 6.07) is 23.6. The fourth-order valence-corrected chi connectivity index (χ4v) is 4.18. The van der Waals surface area contributed by atoms with Gasteiger partial charge in [-0.1, -0.05) is 78.0 Å². The molecule has 1 unspecified atom stereocenters. The number of nitrogens with zero attached hydrogens (tertiary/aromatic N) is 2. The second-order valence-corrected chi connectivity index (χ2v) is 9.58. The number of amides is 2. The first-order valence-electron chi connectivity index (χ1n) is 13.3. The van der Waals surface area contributed by atoms with E-state index in [0.29, 0.717) is 12.2 Å². The van der Waals surface area contributed by atoms with E-state index in [9.17, 15) is 19.5 Å². The summed E-state index contributed by atoms with van der Waals surface area (Å²) in [5, 5.41) is 19.2. The van der Waals surface area contributed by atoms with Gasteiger partial charge in [0.25, 0.3) is 0 Å². The Balaban J connectivity index is 1.47. The summed E-state index contributed by atoms with van der Waals surface area (Å²) in [7, 11) is 0. The van der Waals surface area contributed by atoms with Crippen LogP contribution in [0, 0.1) is 0 Å². The number of ether oxygens (including phenoxy) is 1. The molecule has 41 heavy (non-hydrogen) atoms. The molecule has 3 aromatic carbocycles. The average molecular weight is 557 g/mol. The third-order valence-corrected chi connectivity index (χ3v) is 6.25. The number of phenolic OH excluding ortho intramolecular Hbond substituents is 1. The highest BCUT2D eigenvalue weighted by atomic mass is 16.5. The normalized spacial score (nSPS) is 12.2. The van der Waals surface area contributed by atoms with Crippen LogP contribution in [0.5, 0.6) is 5.75 Å². The highest BCUT2D eigenvalue weighted by molar-refractivity contribution is 5.87. The molecular formula is C31H32N4O6. The molecule has 10 nitrogen and oxygen atoms in total. The van der Waals surface area contributed by atoms with E-state index in [1.807, 2.05) is 60.7 Å². The van der Waals surface area contributed by atoms with Crippen LogP contribution in [-0.4, -0.2) is 39.1 Å². The van der Waals surface area contributed by atoms with Gasteiger partial charge in [-0.25, -0.2) is 0 Å². The van der Waals surface area contributed by atoms with Crippen LogP contribution in [0.25, 0.3) is 0 Å². The van der Waals surface area contributed by atoms with Crippen LogP contribution in [0.15, 0.2) is 89.5 Å². The van der Waals surface area contributed by atoms with E-state index < -0.39 is 24.0 Å². The number of esters is 1. The lowest BCUT2D eigenvalue weighted by Gasteiger charge is -2.21. The van der Waals surface area contributed by atoms with Crippen LogP contribution < -0.4 is 10.6 Å². The molecule has 1 heterocycles. The molecule has 0 radical (unpaired) electrons. The van der Waals surface area contributed by atoms with Crippen molar-refractivity contribution in [3.8, 4) is 5.75 Å². The molecule has 4 rings (SSSR count). The molecule has 2 atom stereocenters. The topological polar surface area (TPSA) is 144 Å². The summed E-state index contributed by atoms with van der Waals surface area (Å²) in [6.07, 6.45) is 0.732. The lowest BCUT2D eigenvalue weighted by molar-refractivity contribution is -0.145. The number of benzene rings is 3. The number of carbonyl (C=O) groups excluding carboxylic acids is 3. The van der Waals surface area contributed by atoms with Crippen LogP contribution >= 0.6 is 0 Å². The number of hydrogen-bond acceptors (Lipinski definition) is 8. The molecule has 0 saturated heterocycles. The standard InChI is InChI=1S/C31H32N4O6/c1-21(36)32-27(18-23-12-14-25(37)15-13-23)30(39)33-26(16-17-29(38)40-20-24-10-6-3-7-11-24)31-34-28(35-41-31)19-22-8-4-2-5-9-22/h2-15,26-27,37H,16-20H2,1H3,(H,32,36)(H,33,39)/t26-,27?/m0/s1. The predicted molar refractivity (Wildman–Crippen MR) is 149 cm³/mol. The Labute approximate surface area is 237 Å². The highest BCUT2D eigenvalue weighted by Crippen LogP contribution is 2.20. The van der Waals surface area contributed by atoms with Crippen molar-refractivity contribution in [3.63, 3.8) is 0 Å². The van der Waals surface area contributed by atoms with Crippen molar-refractivity contribution in [3.05, 3.63) is 113 Å². The van der Waals surface area contributed by atoms with Crippen LogP contribution in [0.3, 0.4) is 0 Å². The van der Waals surface area contributed by atoms with Crippen molar-refractivity contribution in [1.82, 2.24) is 20.8 Å². The van der Waals surface area contributed by atoms with Crippen molar-refractivity contribution in [2.45, 2.75) is 51.3 Å². The van der Waals surface area contributed by atoms with Gasteiger partial charge in [0.15, 0.2) is 5.82 Å². The Kier molecular flexibility index (Phi) is 10.2. The number of phenols is 1. The van der Waals surface area contributed by atoms with Gasteiger partial charge in [0.1, 0.15) is 24.4 Å². The molecule has 0 aliphatic rings. The van der Waals surface area contributed by atoms with Crippen LogP contribution in [0.4, 0.5) is 0 Å². The molecule has 1 aromatic heterocycles. The molecule has 10 heteroatoms. The second-order valence-electron chi connectivity index (χ2n) is 9.58. The molecule has 0 saturated carbocycles. The summed E-state index contributed by atoms with van der Waals surface area (Å²) in [6.45, 7) is 1.46. The zero-order chi connectivity index (χ0) is 29.0. The molecule has 3 N–H and O–H groups in total. The largest absolute Gasteiger partial charge is 0.508 e. The molecule has 4 aromatic rings. The number of carbonyl (C=O) groups is 3. The maximum atomic E-state index is 13.4. The zero-order valence-corrected chi connectivity index (χ0v) is 22.7. The molecule has 0 spiro atoms. The van der Waals surface area contributed by atoms with Crippen LogP contribution in [0.1, 0.15) is 54.2 Å². The minimum Gasteiger partial charge on any atom is -0.508 e. The van der Waals surface area contributed by atoms with Gasteiger partial charge in [-0.2, -0.15) is 4.98 Å². The molecule has 212 valence electrons. The summed E-state index contributed by atoms with van der Waals surface area (Å²) in [4.78, 5) is 42.4. The van der Waals surface area contributed by atoms with E-state index in [1.54, 1.807) is 12.1 Å². The Bertz CT molecular complexity index is 1420. The van der Waals surface area contributed by atoms with Gasteiger partial charge in [0.2, 0.25) is 17.7 Å². The van der Waals surface area contributed by atoms with Gasteiger partial charge >= 0.3 is 5.97 Å². The van der Waals surface area contributed by atoms with E-state index in [1.165, 1.54) is 19.1 Å². The Hall–Kier alpha value is -4.99. The third-order valence-electron chi connectivity index (χ3n) is 6.25. The predicted octanol–water partition coefficient (Wildman–Crippen LogP) is 3.79. The number of nitrogens with one attached hydrogen (secondary N) is 2. The first-order valence-corrected chi connectivity index (χ1v) is 13.3. The fourth-order valence-electron chi connectivity index (χ4n) is 4.18. The zero-order valence-electron chi connectivity index (χ0n) is 22.7. The average Bonchev–Trinajstić information content (AvgIpc) is 3.44. The Morgan fingerprint density at radius 2 is 1.54 bits per heavy atom. The maximum absolute atomic E-state index is 13.4. The van der Waals surface area contributed by atoms with E-state index in [0.717, 1.165) is 16.7 Å². The van der Waals surface area contributed by atoms with E-state index >= 15 is 0 Å². The van der Waals surface area contributed by atoms with Gasteiger partial charge < -0.3 is 25.0 Å². The summed E-state index contributed by atoms with van der Waals surface area (Å²) < 4.78 is 10.9. The van der Waals surface area contributed by atoms with Crippen molar-refractivity contribution < 1.29 is 28.8 Å². The number of rotatable bonds is 13. The molecular weight excluding hydrogens is 524 g/mol. The van der Waals surface area contributed by atoms with Gasteiger partial charge in [0, 0.05) is 26.2 Å². The molecule has 0 bridgehead atoms. The van der Waals surface area contributed by atoms with E-state index in [2.05, 4.69) is 20.8 Å². The van der Waals surface area contributed by atoms with Crippen LogP contribution in [-0.2, 0) is 38.6 Å². The first kappa shape index (κ1) is 29.0.